The fraction of sp³-hybridized carbons (Fsp3) is 0.556. The summed E-state index contributed by atoms with van der Waals surface area (Å²) in [6, 6.07) is 1.78. The van der Waals surface area contributed by atoms with Gasteiger partial charge in [0.25, 0.3) is 0 Å². The van der Waals surface area contributed by atoms with Crippen molar-refractivity contribution in [2.45, 2.75) is 31.2 Å². The predicted octanol–water partition coefficient (Wildman–Crippen LogP) is 3.15. The zero-order valence-electron chi connectivity index (χ0n) is 8.26. The summed E-state index contributed by atoms with van der Waals surface area (Å²) in [4.78, 5) is 8.58. The van der Waals surface area contributed by atoms with Gasteiger partial charge in [0, 0.05) is 11.5 Å². The summed E-state index contributed by atoms with van der Waals surface area (Å²) in [5.74, 6) is 0.796. The molecule has 1 aromatic rings. The molecule has 0 amide bonds. The van der Waals surface area contributed by atoms with E-state index in [0.717, 1.165) is 10.9 Å². The molecular formula is C9H13ClN2S. The standard InChI is InChI=1S/C9H13ClN2S/c1-9(2,3)8-11-6(10)5-7(12-8)13-4/h5H,1-4H3. The van der Waals surface area contributed by atoms with Gasteiger partial charge in [-0.15, -0.1) is 11.8 Å². The molecule has 0 unspecified atom stereocenters. The van der Waals surface area contributed by atoms with E-state index >= 15 is 0 Å². The minimum Gasteiger partial charge on any atom is -0.226 e. The molecule has 1 rings (SSSR count). The number of hydrogen-bond acceptors (Lipinski definition) is 3. The van der Waals surface area contributed by atoms with E-state index in [1.807, 2.05) is 6.26 Å². The van der Waals surface area contributed by atoms with E-state index in [2.05, 4.69) is 30.7 Å². The molecule has 0 aliphatic carbocycles. The predicted molar refractivity (Wildman–Crippen MR) is 57.5 cm³/mol. The maximum atomic E-state index is 5.87. The molecule has 0 aliphatic rings. The highest BCUT2D eigenvalue weighted by Crippen LogP contribution is 2.23. The number of halogens is 1. The normalized spacial score (nSPS) is 11.8. The topological polar surface area (TPSA) is 25.8 Å². The number of thioether (sulfide) groups is 1. The van der Waals surface area contributed by atoms with Crippen LogP contribution in [0.3, 0.4) is 0 Å². The smallest absolute Gasteiger partial charge is 0.136 e. The first-order chi connectivity index (χ1) is 5.93. The highest BCUT2D eigenvalue weighted by Gasteiger charge is 2.18. The molecule has 0 saturated carbocycles. The average molecular weight is 217 g/mol. The summed E-state index contributed by atoms with van der Waals surface area (Å²) in [6.07, 6.45) is 1.98. The van der Waals surface area contributed by atoms with Crippen LogP contribution in [-0.2, 0) is 5.41 Å². The van der Waals surface area contributed by atoms with E-state index in [9.17, 15) is 0 Å². The van der Waals surface area contributed by atoms with Gasteiger partial charge in [0.05, 0.1) is 0 Å². The fourth-order valence-electron chi connectivity index (χ4n) is 0.837. The van der Waals surface area contributed by atoms with Crippen molar-refractivity contribution in [1.82, 2.24) is 9.97 Å². The van der Waals surface area contributed by atoms with E-state index in [-0.39, 0.29) is 5.41 Å². The van der Waals surface area contributed by atoms with Gasteiger partial charge in [-0.3, -0.25) is 0 Å². The van der Waals surface area contributed by atoms with E-state index in [1.54, 1.807) is 17.8 Å². The van der Waals surface area contributed by atoms with Gasteiger partial charge in [0.15, 0.2) is 0 Å². The van der Waals surface area contributed by atoms with Crippen molar-refractivity contribution in [3.05, 3.63) is 17.0 Å². The van der Waals surface area contributed by atoms with Gasteiger partial charge in [0.2, 0.25) is 0 Å². The zero-order chi connectivity index (χ0) is 10.1. The second-order valence-electron chi connectivity index (χ2n) is 3.81. The van der Waals surface area contributed by atoms with Crippen LogP contribution in [0.5, 0.6) is 0 Å². The molecule has 0 spiro atoms. The summed E-state index contributed by atoms with van der Waals surface area (Å²) >= 11 is 7.45. The Kier molecular flexibility index (Phi) is 3.19. The lowest BCUT2D eigenvalue weighted by atomic mass is 9.96. The van der Waals surface area contributed by atoms with Crippen LogP contribution in [0.2, 0.25) is 5.15 Å². The Morgan fingerprint density at radius 2 is 1.92 bits per heavy atom. The van der Waals surface area contributed by atoms with Crippen LogP contribution in [0.25, 0.3) is 0 Å². The third-order valence-electron chi connectivity index (χ3n) is 1.55. The number of aromatic nitrogens is 2. The summed E-state index contributed by atoms with van der Waals surface area (Å²) < 4.78 is 0. The summed E-state index contributed by atoms with van der Waals surface area (Å²) in [7, 11) is 0. The quantitative estimate of drug-likeness (QED) is 0.533. The molecule has 2 nitrogen and oxygen atoms in total. The zero-order valence-corrected chi connectivity index (χ0v) is 9.83. The molecule has 0 bridgehead atoms. The molecule has 0 radical (unpaired) electrons. The molecule has 0 aromatic carbocycles. The summed E-state index contributed by atoms with van der Waals surface area (Å²) in [5.41, 5.74) is -0.0462. The maximum absolute atomic E-state index is 5.87. The lowest BCUT2D eigenvalue weighted by molar-refractivity contribution is 0.538. The van der Waals surface area contributed by atoms with Crippen molar-refractivity contribution in [2.75, 3.05) is 6.26 Å². The molecule has 1 aromatic heterocycles. The van der Waals surface area contributed by atoms with Gasteiger partial charge in [0.1, 0.15) is 16.0 Å². The first kappa shape index (κ1) is 10.8. The van der Waals surface area contributed by atoms with Crippen molar-refractivity contribution in [3.8, 4) is 0 Å². The van der Waals surface area contributed by atoms with Crippen LogP contribution >= 0.6 is 23.4 Å². The number of rotatable bonds is 1. The third-order valence-corrected chi connectivity index (χ3v) is 2.37. The minimum absolute atomic E-state index is 0.0462. The largest absolute Gasteiger partial charge is 0.226 e. The monoisotopic (exact) mass is 216 g/mol. The summed E-state index contributed by atoms with van der Waals surface area (Å²) in [6.45, 7) is 6.22. The van der Waals surface area contributed by atoms with Gasteiger partial charge in [-0.05, 0) is 6.26 Å². The van der Waals surface area contributed by atoms with Crippen molar-refractivity contribution >= 4 is 23.4 Å². The second-order valence-corrected chi connectivity index (χ2v) is 5.02. The van der Waals surface area contributed by atoms with Gasteiger partial charge >= 0.3 is 0 Å². The molecule has 72 valence electrons. The van der Waals surface area contributed by atoms with Crippen molar-refractivity contribution in [3.63, 3.8) is 0 Å². The molecule has 0 N–H and O–H groups in total. The van der Waals surface area contributed by atoms with E-state index in [1.165, 1.54) is 0 Å². The molecule has 1 heterocycles. The molecule has 0 saturated heterocycles. The van der Waals surface area contributed by atoms with Crippen LogP contribution in [0, 0.1) is 0 Å². The number of nitrogens with zero attached hydrogens (tertiary/aromatic N) is 2. The molecule has 13 heavy (non-hydrogen) atoms. The third kappa shape index (κ3) is 2.85. The van der Waals surface area contributed by atoms with E-state index in [4.69, 9.17) is 11.6 Å². The Balaban J connectivity index is 3.16. The average Bonchev–Trinajstić information content (AvgIpc) is 2.01. The van der Waals surface area contributed by atoms with Gasteiger partial charge < -0.3 is 0 Å². The maximum Gasteiger partial charge on any atom is 0.136 e. The fourth-order valence-corrected chi connectivity index (χ4v) is 1.49. The molecule has 0 aliphatic heterocycles. The van der Waals surface area contributed by atoms with Crippen LogP contribution < -0.4 is 0 Å². The van der Waals surface area contributed by atoms with Crippen molar-refractivity contribution < 1.29 is 0 Å². The van der Waals surface area contributed by atoms with E-state index in [0.29, 0.717) is 5.15 Å². The molecule has 4 heteroatoms. The molecule has 0 atom stereocenters. The van der Waals surface area contributed by atoms with E-state index < -0.39 is 0 Å². The van der Waals surface area contributed by atoms with Crippen LogP contribution in [0.1, 0.15) is 26.6 Å². The SMILES string of the molecule is CSc1cc(Cl)nc(C(C)(C)C)n1. The first-order valence-electron chi connectivity index (χ1n) is 4.02. The Hall–Kier alpha value is -0.280. The highest BCUT2D eigenvalue weighted by atomic mass is 35.5. The Morgan fingerprint density at radius 1 is 1.31 bits per heavy atom. The van der Waals surface area contributed by atoms with Gasteiger partial charge in [-0.1, -0.05) is 32.4 Å². The molecular weight excluding hydrogens is 204 g/mol. The van der Waals surface area contributed by atoms with Crippen LogP contribution in [-0.4, -0.2) is 16.2 Å². The van der Waals surface area contributed by atoms with Crippen molar-refractivity contribution in [2.24, 2.45) is 0 Å². The van der Waals surface area contributed by atoms with Gasteiger partial charge in [-0.2, -0.15) is 0 Å². The number of hydrogen-bond donors (Lipinski definition) is 0. The molecule has 0 fully saturated rings. The highest BCUT2D eigenvalue weighted by molar-refractivity contribution is 7.98. The Morgan fingerprint density at radius 3 is 2.38 bits per heavy atom. The van der Waals surface area contributed by atoms with Gasteiger partial charge in [-0.25, -0.2) is 9.97 Å². The second kappa shape index (κ2) is 3.84. The Labute approximate surface area is 88.1 Å². The van der Waals surface area contributed by atoms with Crippen LogP contribution in [0.4, 0.5) is 0 Å². The van der Waals surface area contributed by atoms with Crippen LogP contribution in [0.15, 0.2) is 11.1 Å². The lowest BCUT2D eigenvalue weighted by Gasteiger charge is -2.16. The Bertz CT molecular complexity index is 307. The first-order valence-corrected chi connectivity index (χ1v) is 5.63. The summed E-state index contributed by atoms with van der Waals surface area (Å²) in [5, 5.41) is 1.44. The van der Waals surface area contributed by atoms with Crippen molar-refractivity contribution in [1.29, 1.82) is 0 Å². The lowest BCUT2D eigenvalue weighted by Crippen LogP contribution is -2.16. The minimum atomic E-state index is -0.0462.